The Morgan fingerprint density at radius 1 is 1.36 bits per heavy atom. The molecule has 3 rings (SSSR count). The van der Waals surface area contributed by atoms with Crippen LogP contribution >= 0.6 is 11.6 Å². The zero-order valence-corrected chi connectivity index (χ0v) is 15.8. The van der Waals surface area contributed by atoms with Crippen LogP contribution in [-0.2, 0) is 11.2 Å². The van der Waals surface area contributed by atoms with E-state index in [1.165, 1.54) is 43.2 Å². The lowest BCUT2D eigenvalue weighted by atomic mass is 9.77. The van der Waals surface area contributed by atoms with Gasteiger partial charge in [0.25, 0.3) is 0 Å². The molecule has 0 spiro atoms. The molecule has 1 aliphatic carbocycles. The highest BCUT2D eigenvalue weighted by atomic mass is 35.5. The molecule has 1 fully saturated rings. The molecule has 1 unspecified atom stereocenters. The van der Waals surface area contributed by atoms with Gasteiger partial charge in [-0.2, -0.15) is 0 Å². The number of aliphatic hydroxyl groups is 1. The minimum atomic E-state index is -0.442. The van der Waals surface area contributed by atoms with Crippen LogP contribution in [0.3, 0.4) is 0 Å². The molecule has 5 heteroatoms. The second-order valence-corrected chi connectivity index (χ2v) is 7.94. The fraction of sp³-hybridized carbons (Fsp3) is 0.650. The van der Waals surface area contributed by atoms with Crippen molar-refractivity contribution in [1.82, 2.24) is 10.2 Å². The van der Waals surface area contributed by atoms with Crippen molar-refractivity contribution in [1.29, 1.82) is 0 Å². The van der Waals surface area contributed by atoms with Crippen molar-refractivity contribution in [2.45, 2.75) is 57.6 Å². The highest BCUT2D eigenvalue weighted by molar-refractivity contribution is 6.30. The lowest BCUT2D eigenvalue weighted by Crippen LogP contribution is -2.47. The van der Waals surface area contributed by atoms with Crippen molar-refractivity contribution in [2.75, 3.05) is 19.6 Å². The number of halogens is 1. The monoisotopic (exact) mass is 364 g/mol. The van der Waals surface area contributed by atoms with Crippen LogP contribution in [0.2, 0.25) is 5.02 Å². The standard InChI is InChI=1S/C20H29ClN2O2/c1-14(24)12-22-13-19(25)23-10-9-15-7-8-17(21)11-18(15)20(23)16-5-3-2-4-6-16/h7-8,11,14,16,20,22,24H,2-6,9-10,12-13H2,1H3/t14-,20?/m1/s1. The van der Waals surface area contributed by atoms with E-state index >= 15 is 0 Å². The average molecular weight is 365 g/mol. The molecule has 1 amide bonds. The van der Waals surface area contributed by atoms with Crippen LogP contribution in [0.25, 0.3) is 0 Å². The predicted molar refractivity (Wildman–Crippen MR) is 101 cm³/mol. The Labute approximate surface area is 155 Å². The zero-order chi connectivity index (χ0) is 17.8. The number of nitrogens with one attached hydrogen (secondary N) is 1. The Kier molecular flexibility index (Phi) is 6.37. The molecule has 1 aliphatic heterocycles. The van der Waals surface area contributed by atoms with Gasteiger partial charge in [-0.15, -0.1) is 0 Å². The summed E-state index contributed by atoms with van der Waals surface area (Å²) in [6.07, 6.45) is 6.61. The van der Waals surface area contributed by atoms with Crippen LogP contribution in [-0.4, -0.2) is 41.7 Å². The first kappa shape index (κ1) is 18.7. The maximum atomic E-state index is 12.9. The van der Waals surface area contributed by atoms with Crippen molar-refractivity contribution in [2.24, 2.45) is 5.92 Å². The Morgan fingerprint density at radius 2 is 2.12 bits per heavy atom. The second kappa shape index (κ2) is 8.52. The molecule has 1 saturated carbocycles. The lowest BCUT2D eigenvalue weighted by molar-refractivity contribution is -0.134. The Bertz CT molecular complexity index is 599. The molecule has 2 N–H and O–H groups in total. The van der Waals surface area contributed by atoms with Gasteiger partial charge in [-0.1, -0.05) is 36.9 Å². The molecule has 1 aromatic rings. The van der Waals surface area contributed by atoms with Gasteiger partial charge in [0, 0.05) is 18.1 Å². The molecule has 0 saturated heterocycles. The number of hydrogen-bond acceptors (Lipinski definition) is 3. The van der Waals surface area contributed by atoms with Crippen molar-refractivity contribution >= 4 is 17.5 Å². The van der Waals surface area contributed by atoms with E-state index in [0.29, 0.717) is 12.5 Å². The topological polar surface area (TPSA) is 52.6 Å². The summed E-state index contributed by atoms with van der Waals surface area (Å²) in [6.45, 7) is 3.21. The number of fused-ring (bicyclic) bond motifs is 1. The predicted octanol–water partition coefficient (Wildman–Crippen LogP) is 3.32. The Hall–Kier alpha value is -1.10. The van der Waals surface area contributed by atoms with Crippen LogP contribution in [0.5, 0.6) is 0 Å². The zero-order valence-electron chi connectivity index (χ0n) is 15.0. The van der Waals surface area contributed by atoms with Crippen LogP contribution in [0.4, 0.5) is 0 Å². The molecule has 2 atom stereocenters. The van der Waals surface area contributed by atoms with Crippen LogP contribution in [0.1, 0.15) is 56.2 Å². The average Bonchev–Trinajstić information content (AvgIpc) is 2.61. The van der Waals surface area contributed by atoms with Crippen LogP contribution in [0, 0.1) is 5.92 Å². The first-order valence-electron chi connectivity index (χ1n) is 9.53. The largest absolute Gasteiger partial charge is 0.392 e. The summed E-state index contributed by atoms with van der Waals surface area (Å²) in [4.78, 5) is 14.9. The van der Waals surface area contributed by atoms with Gasteiger partial charge in [0.2, 0.25) is 5.91 Å². The van der Waals surface area contributed by atoms with E-state index in [-0.39, 0.29) is 18.5 Å². The summed E-state index contributed by atoms with van der Waals surface area (Å²) >= 11 is 6.28. The van der Waals surface area contributed by atoms with Gasteiger partial charge in [0.15, 0.2) is 0 Å². The molecule has 0 radical (unpaired) electrons. The molecule has 138 valence electrons. The summed E-state index contributed by atoms with van der Waals surface area (Å²) in [7, 11) is 0. The normalized spacial score (nSPS) is 22.5. The Balaban J connectivity index is 1.82. The van der Waals surface area contributed by atoms with Crippen molar-refractivity contribution in [3.05, 3.63) is 34.3 Å². The van der Waals surface area contributed by atoms with Crippen molar-refractivity contribution in [3.8, 4) is 0 Å². The lowest BCUT2D eigenvalue weighted by Gasteiger charge is -2.43. The number of nitrogens with zero attached hydrogens (tertiary/aromatic N) is 1. The molecule has 0 bridgehead atoms. The first-order chi connectivity index (χ1) is 12.1. The quantitative estimate of drug-likeness (QED) is 0.842. The summed E-state index contributed by atoms with van der Waals surface area (Å²) in [5.41, 5.74) is 2.58. The van der Waals surface area contributed by atoms with Crippen molar-refractivity contribution < 1.29 is 9.90 Å². The number of hydrogen-bond donors (Lipinski definition) is 2. The van der Waals surface area contributed by atoms with E-state index in [9.17, 15) is 9.90 Å². The molecule has 2 aliphatic rings. The second-order valence-electron chi connectivity index (χ2n) is 7.50. The summed E-state index contributed by atoms with van der Waals surface area (Å²) < 4.78 is 0. The fourth-order valence-electron chi connectivity index (χ4n) is 4.34. The van der Waals surface area contributed by atoms with E-state index in [1.807, 2.05) is 6.07 Å². The third-order valence-corrected chi connectivity index (χ3v) is 5.75. The summed E-state index contributed by atoms with van der Waals surface area (Å²) in [5, 5.41) is 13.2. The van der Waals surface area contributed by atoms with Gasteiger partial charge in [-0.3, -0.25) is 4.79 Å². The van der Waals surface area contributed by atoms with Gasteiger partial charge in [0.1, 0.15) is 0 Å². The number of amides is 1. The molecule has 25 heavy (non-hydrogen) atoms. The fourth-order valence-corrected chi connectivity index (χ4v) is 4.52. The number of benzene rings is 1. The molecule has 1 aromatic carbocycles. The van der Waals surface area contributed by atoms with Gasteiger partial charge in [0.05, 0.1) is 18.7 Å². The van der Waals surface area contributed by atoms with Gasteiger partial charge >= 0.3 is 0 Å². The van der Waals surface area contributed by atoms with Gasteiger partial charge in [-0.05, 0) is 55.4 Å². The van der Waals surface area contributed by atoms with Gasteiger partial charge < -0.3 is 15.3 Å². The van der Waals surface area contributed by atoms with E-state index in [0.717, 1.165) is 18.0 Å². The maximum absolute atomic E-state index is 12.9. The van der Waals surface area contributed by atoms with Crippen molar-refractivity contribution in [3.63, 3.8) is 0 Å². The van der Waals surface area contributed by atoms with E-state index < -0.39 is 6.10 Å². The number of rotatable bonds is 5. The smallest absolute Gasteiger partial charge is 0.237 e. The molecule has 4 nitrogen and oxygen atoms in total. The van der Waals surface area contributed by atoms with Crippen LogP contribution in [0.15, 0.2) is 18.2 Å². The van der Waals surface area contributed by atoms with Crippen LogP contribution < -0.4 is 5.32 Å². The highest BCUT2D eigenvalue weighted by Gasteiger charge is 2.36. The first-order valence-corrected chi connectivity index (χ1v) is 9.90. The summed E-state index contributed by atoms with van der Waals surface area (Å²) in [5.74, 6) is 0.647. The highest BCUT2D eigenvalue weighted by Crippen LogP contribution is 2.42. The number of carbonyl (C=O) groups is 1. The molecule has 0 aromatic heterocycles. The SMILES string of the molecule is C[C@@H](O)CNCC(=O)N1CCc2ccc(Cl)cc2C1C1CCCCC1. The molecular formula is C20H29ClN2O2. The maximum Gasteiger partial charge on any atom is 0.237 e. The van der Waals surface area contributed by atoms with E-state index in [2.05, 4.69) is 22.3 Å². The van der Waals surface area contributed by atoms with E-state index in [1.54, 1.807) is 6.92 Å². The summed E-state index contributed by atoms with van der Waals surface area (Å²) in [6, 6.07) is 6.29. The Morgan fingerprint density at radius 3 is 2.84 bits per heavy atom. The molecule has 1 heterocycles. The number of aliphatic hydroxyl groups excluding tert-OH is 1. The minimum Gasteiger partial charge on any atom is -0.392 e. The van der Waals surface area contributed by atoms with E-state index in [4.69, 9.17) is 11.6 Å². The minimum absolute atomic E-state index is 0.127. The number of carbonyl (C=O) groups excluding carboxylic acids is 1. The van der Waals surface area contributed by atoms with Gasteiger partial charge in [-0.25, -0.2) is 0 Å². The third-order valence-electron chi connectivity index (χ3n) is 5.52. The third kappa shape index (κ3) is 4.55. The molecular weight excluding hydrogens is 336 g/mol.